The number of fused-ring (bicyclic) bond motifs is 1. The zero-order valence-corrected chi connectivity index (χ0v) is 16.8. The Hall–Kier alpha value is -2.47. The van der Waals surface area contributed by atoms with E-state index in [1.54, 1.807) is 18.5 Å². The van der Waals surface area contributed by atoms with E-state index in [1.807, 2.05) is 19.1 Å². The monoisotopic (exact) mass is 369 g/mol. The van der Waals surface area contributed by atoms with Crippen LogP contribution in [0, 0.1) is 6.92 Å². The Balaban J connectivity index is 2.14. The molecular weight excluding hydrogens is 346 g/mol. The molecule has 2 heterocycles. The van der Waals surface area contributed by atoms with Crippen LogP contribution in [0.5, 0.6) is 0 Å². The topological polar surface area (TPSA) is 54.7 Å². The summed E-state index contributed by atoms with van der Waals surface area (Å²) in [6, 6.07) is 8.15. The van der Waals surface area contributed by atoms with Gasteiger partial charge in [-0.2, -0.15) is 0 Å². The average Bonchev–Trinajstić information content (AvgIpc) is 3.10. The van der Waals surface area contributed by atoms with Crippen LogP contribution in [-0.2, 0) is 5.41 Å². The second-order valence-electron chi connectivity index (χ2n) is 7.63. The van der Waals surface area contributed by atoms with Gasteiger partial charge in [0.15, 0.2) is 11.2 Å². The molecule has 0 fully saturated rings. The fraction of sp³-hybridized carbons (Fsp3) is 0.350. The quantitative estimate of drug-likeness (QED) is 0.651. The van der Waals surface area contributed by atoms with E-state index in [2.05, 4.69) is 37.9 Å². The molecule has 136 valence electrons. The molecule has 0 spiro atoms. The highest BCUT2D eigenvalue weighted by molar-refractivity contribution is 7.19. The van der Waals surface area contributed by atoms with Crippen molar-refractivity contribution in [3.8, 4) is 11.3 Å². The minimum Gasteiger partial charge on any atom is -0.344 e. The number of hydrogen-bond acceptors (Lipinski definition) is 4. The van der Waals surface area contributed by atoms with Gasteiger partial charge in [-0.15, -0.1) is 0 Å². The van der Waals surface area contributed by atoms with Crippen molar-refractivity contribution in [3.63, 3.8) is 0 Å². The fourth-order valence-corrected chi connectivity index (χ4v) is 4.08. The van der Waals surface area contributed by atoms with E-state index in [9.17, 15) is 9.59 Å². The number of rotatable bonds is 3. The van der Waals surface area contributed by atoms with E-state index in [1.165, 1.54) is 21.8 Å². The molecule has 0 saturated heterocycles. The van der Waals surface area contributed by atoms with Crippen molar-refractivity contribution in [3.05, 3.63) is 46.1 Å². The first-order chi connectivity index (χ1) is 12.1. The van der Waals surface area contributed by atoms with Crippen molar-refractivity contribution in [2.24, 2.45) is 0 Å². The lowest BCUT2D eigenvalue weighted by Gasteiger charge is -2.19. The highest BCUT2D eigenvalue weighted by Gasteiger charge is 2.23. The third kappa shape index (κ3) is 2.94. The largest absolute Gasteiger partial charge is 0.344 e. The highest BCUT2D eigenvalue weighted by atomic mass is 32.1. The maximum atomic E-state index is 12.3. The van der Waals surface area contributed by atoms with Crippen LogP contribution in [0.4, 0.5) is 0 Å². The Morgan fingerprint density at radius 1 is 1.19 bits per heavy atom. The number of imidazole rings is 1. The number of benzene rings is 1. The summed E-state index contributed by atoms with van der Waals surface area (Å²) >= 11 is 1.31. The van der Waals surface area contributed by atoms with Crippen LogP contribution in [0.3, 0.4) is 0 Å². The van der Waals surface area contributed by atoms with Gasteiger partial charge in [0.05, 0.1) is 0 Å². The molecule has 0 N–H and O–H groups in total. The van der Waals surface area contributed by atoms with Crippen LogP contribution in [0.1, 0.15) is 52.2 Å². The summed E-state index contributed by atoms with van der Waals surface area (Å²) in [4.78, 5) is 31.6. The zero-order valence-electron chi connectivity index (χ0n) is 16.0. The van der Waals surface area contributed by atoms with Crippen molar-refractivity contribution in [2.45, 2.75) is 33.1 Å². The number of amides is 1. The number of nitrogens with zero attached hydrogens (tertiary/aromatic N) is 3. The van der Waals surface area contributed by atoms with Gasteiger partial charge in [-0.3, -0.25) is 14.0 Å². The lowest BCUT2D eigenvalue weighted by molar-refractivity contribution is 0.0831. The van der Waals surface area contributed by atoms with E-state index in [0.717, 1.165) is 17.5 Å². The van der Waals surface area contributed by atoms with Crippen LogP contribution >= 0.6 is 11.3 Å². The lowest BCUT2D eigenvalue weighted by atomic mass is 9.86. The predicted molar refractivity (Wildman–Crippen MR) is 105 cm³/mol. The molecule has 0 atom stereocenters. The Morgan fingerprint density at radius 3 is 2.31 bits per heavy atom. The summed E-state index contributed by atoms with van der Waals surface area (Å²) in [5.74, 6) is -0.0778. The molecule has 0 radical (unpaired) electrons. The normalized spacial score (nSPS) is 11.8. The number of aldehydes is 1. The Kier molecular flexibility index (Phi) is 4.48. The van der Waals surface area contributed by atoms with Crippen LogP contribution < -0.4 is 0 Å². The van der Waals surface area contributed by atoms with Crippen molar-refractivity contribution >= 4 is 28.5 Å². The minimum atomic E-state index is -0.0778. The number of carbonyl (C=O) groups excluding carboxylic acids is 2. The fourth-order valence-electron chi connectivity index (χ4n) is 2.92. The van der Waals surface area contributed by atoms with Gasteiger partial charge in [0.2, 0.25) is 0 Å². The second kappa shape index (κ2) is 6.36. The molecule has 5 nitrogen and oxygen atoms in total. The molecule has 6 heteroatoms. The molecule has 1 aromatic carbocycles. The van der Waals surface area contributed by atoms with E-state index in [-0.39, 0.29) is 11.3 Å². The standard InChI is InChI=1S/C20H23N3O2S/c1-12-17(18(25)22(5)6)26-19-21-16(15(11-24)23(12)19)13-7-9-14(10-8-13)20(2,3)4/h7-11H,1-6H3. The summed E-state index contributed by atoms with van der Waals surface area (Å²) in [6.07, 6.45) is 0.816. The van der Waals surface area contributed by atoms with Gasteiger partial charge in [-0.1, -0.05) is 56.4 Å². The summed E-state index contributed by atoms with van der Waals surface area (Å²) in [6.45, 7) is 8.34. The van der Waals surface area contributed by atoms with Gasteiger partial charge in [-0.25, -0.2) is 4.98 Å². The maximum absolute atomic E-state index is 12.3. The van der Waals surface area contributed by atoms with E-state index in [4.69, 9.17) is 0 Å². The van der Waals surface area contributed by atoms with Crippen molar-refractivity contribution < 1.29 is 9.59 Å². The van der Waals surface area contributed by atoms with Gasteiger partial charge in [-0.05, 0) is 17.9 Å². The highest BCUT2D eigenvalue weighted by Crippen LogP contribution is 2.32. The lowest BCUT2D eigenvalue weighted by Crippen LogP contribution is -2.21. The average molecular weight is 369 g/mol. The molecule has 26 heavy (non-hydrogen) atoms. The van der Waals surface area contributed by atoms with Crippen LogP contribution in [-0.4, -0.2) is 40.6 Å². The molecule has 0 bridgehead atoms. The van der Waals surface area contributed by atoms with E-state index < -0.39 is 0 Å². The summed E-state index contributed by atoms with van der Waals surface area (Å²) in [5.41, 5.74) is 4.07. The first-order valence-electron chi connectivity index (χ1n) is 8.44. The first kappa shape index (κ1) is 18.3. The smallest absolute Gasteiger partial charge is 0.265 e. The number of carbonyl (C=O) groups is 2. The van der Waals surface area contributed by atoms with Crippen LogP contribution in [0.25, 0.3) is 16.2 Å². The van der Waals surface area contributed by atoms with Crippen LogP contribution in [0.2, 0.25) is 0 Å². The van der Waals surface area contributed by atoms with Gasteiger partial charge in [0.1, 0.15) is 16.3 Å². The van der Waals surface area contributed by atoms with Crippen molar-refractivity contribution in [2.75, 3.05) is 14.1 Å². The van der Waals surface area contributed by atoms with Gasteiger partial charge in [0, 0.05) is 25.4 Å². The summed E-state index contributed by atoms with van der Waals surface area (Å²) in [7, 11) is 3.43. The molecule has 0 aliphatic heterocycles. The Labute approximate surface area is 157 Å². The minimum absolute atomic E-state index is 0.0681. The summed E-state index contributed by atoms with van der Waals surface area (Å²) in [5, 5.41) is 0. The number of aromatic nitrogens is 2. The van der Waals surface area contributed by atoms with Gasteiger partial charge >= 0.3 is 0 Å². The molecule has 2 aromatic heterocycles. The second-order valence-corrected chi connectivity index (χ2v) is 8.60. The van der Waals surface area contributed by atoms with E-state index >= 15 is 0 Å². The maximum Gasteiger partial charge on any atom is 0.265 e. The van der Waals surface area contributed by atoms with Crippen molar-refractivity contribution in [1.29, 1.82) is 0 Å². The molecule has 3 rings (SSSR count). The molecule has 0 saturated carbocycles. The number of hydrogen-bond donors (Lipinski definition) is 0. The predicted octanol–water partition coefficient (Wildman–Crippen LogP) is 4.18. The molecule has 0 unspecified atom stereocenters. The van der Waals surface area contributed by atoms with Gasteiger partial charge < -0.3 is 4.90 Å². The Morgan fingerprint density at radius 2 is 1.81 bits per heavy atom. The SMILES string of the molecule is Cc1c(C(=O)N(C)C)sc2nc(-c3ccc(C(C)(C)C)cc3)c(C=O)n12. The molecule has 1 amide bonds. The van der Waals surface area contributed by atoms with Crippen molar-refractivity contribution in [1.82, 2.24) is 14.3 Å². The molecular formula is C20H23N3O2S. The third-order valence-corrected chi connectivity index (χ3v) is 5.61. The molecule has 3 aromatic rings. The zero-order chi connectivity index (χ0) is 19.2. The van der Waals surface area contributed by atoms with E-state index in [0.29, 0.717) is 21.2 Å². The first-order valence-corrected chi connectivity index (χ1v) is 9.26. The Bertz CT molecular complexity index is 989. The number of aryl methyl sites for hydroxylation is 1. The summed E-state index contributed by atoms with van der Waals surface area (Å²) < 4.78 is 1.78. The molecule has 0 aliphatic carbocycles. The molecule has 0 aliphatic rings. The number of thiazole rings is 1. The van der Waals surface area contributed by atoms with Crippen LogP contribution in [0.15, 0.2) is 24.3 Å². The third-order valence-electron chi connectivity index (χ3n) is 4.48. The van der Waals surface area contributed by atoms with Gasteiger partial charge in [0.25, 0.3) is 5.91 Å².